The van der Waals surface area contributed by atoms with Gasteiger partial charge in [-0.05, 0) is 0 Å². The minimum absolute atomic E-state index is 0.0574. The van der Waals surface area contributed by atoms with Crippen molar-refractivity contribution in [3.05, 3.63) is 34.2 Å². The smallest absolute Gasteiger partial charge is 0.177 e. The Morgan fingerprint density at radius 3 is 1.10 bits per heavy atom. The summed E-state index contributed by atoms with van der Waals surface area (Å²) in [5, 5.41) is 50.1. The van der Waals surface area contributed by atoms with Crippen LogP contribution in [-0.4, -0.2) is 36.4 Å². The summed E-state index contributed by atoms with van der Waals surface area (Å²) in [6, 6.07) is 9.09. The van der Waals surface area contributed by atoms with Crippen LogP contribution in [0, 0.1) is 56.7 Å². The molecule has 0 saturated carbocycles. The Bertz CT molecular complexity index is 1650. The van der Waals surface area contributed by atoms with Crippen LogP contribution in [0.1, 0.15) is 40.2 Å². The number of hydrogen-bond acceptors (Lipinski definition) is 12. The standard InChI is InChI=1S/C19H4N12/c20-1-7-8(2-21)28-16-14(26-7)15-17(29-10(4-23)9(3-22)27-15)19-18(16)30-11(5-24)13(31-19)12-6-25-12/h12,25H,6H2/t12-/m1/s1. The number of benzene rings is 1. The highest BCUT2D eigenvalue weighted by Crippen LogP contribution is 2.33. The van der Waals surface area contributed by atoms with Crippen LogP contribution >= 0.6 is 0 Å². The molecule has 1 saturated heterocycles. The Labute approximate surface area is 172 Å². The molecule has 1 aromatic carbocycles. The van der Waals surface area contributed by atoms with E-state index >= 15 is 0 Å². The molecule has 4 aromatic rings. The van der Waals surface area contributed by atoms with Crippen molar-refractivity contribution in [2.75, 3.05) is 6.54 Å². The van der Waals surface area contributed by atoms with Crippen LogP contribution in [0.5, 0.6) is 0 Å². The number of rotatable bonds is 1. The molecule has 1 atom stereocenters. The lowest BCUT2D eigenvalue weighted by Gasteiger charge is -2.10. The number of nitriles is 5. The number of nitrogens with zero attached hydrogens (tertiary/aromatic N) is 11. The molecule has 31 heavy (non-hydrogen) atoms. The molecule has 12 nitrogen and oxygen atoms in total. The minimum Gasteiger partial charge on any atom is -0.306 e. The van der Waals surface area contributed by atoms with Crippen LogP contribution in [-0.2, 0) is 0 Å². The third-order valence-corrected chi connectivity index (χ3v) is 4.66. The van der Waals surface area contributed by atoms with E-state index in [0.717, 1.165) is 0 Å². The molecule has 1 fully saturated rings. The van der Waals surface area contributed by atoms with E-state index in [9.17, 15) is 26.3 Å². The second-order valence-corrected chi connectivity index (χ2v) is 6.41. The van der Waals surface area contributed by atoms with E-state index in [1.165, 1.54) is 0 Å². The fourth-order valence-electron chi connectivity index (χ4n) is 3.20. The summed E-state index contributed by atoms with van der Waals surface area (Å²) in [7, 11) is 0. The van der Waals surface area contributed by atoms with Gasteiger partial charge in [0.25, 0.3) is 0 Å². The van der Waals surface area contributed by atoms with Crippen LogP contribution < -0.4 is 5.32 Å². The summed E-state index contributed by atoms with van der Waals surface area (Å²) in [5.74, 6) is 0. The maximum atomic E-state index is 9.55. The van der Waals surface area contributed by atoms with Crippen LogP contribution in [0.3, 0.4) is 0 Å². The number of fused-ring (bicyclic) bond motifs is 6. The first kappa shape index (κ1) is 17.7. The van der Waals surface area contributed by atoms with Gasteiger partial charge in [-0.1, -0.05) is 0 Å². The zero-order chi connectivity index (χ0) is 21.7. The minimum atomic E-state index is -0.243. The monoisotopic (exact) mass is 400 g/mol. The molecule has 0 unspecified atom stereocenters. The molecule has 1 N–H and O–H groups in total. The fourth-order valence-corrected chi connectivity index (χ4v) is 3.20. The van der Waals surface area contributed by atoms with Gasteiger partial charge in [0.2, 0.25) is 0 Å². The summed E-state index contributed by atoms with van der Waals surface area (Å²) < 4.78 is 0. The van der Waals surface area contributed by atoms with E-state index in [4.69, 9.17) is 0 Å². The van der Waals surface area contributed by atoms with Gasteiger partial charge in [-0.25, -0.2) is 29.9 Å². The van der Waals surface area contributed by atoms with Crippen molar-refractivity contribution in [2.24, 2.45) is 0 Å². The predicted molar refractivity (Wildman–Crippen MR) is 100 cm³/mol. The lowest BCUT2D eigenvalue weighted by atomic mass is 10.1. The van der Waals surface area contributed by atoms with Crippen LogP contribution in [0.15, 0.2) is 0 Å². The molecule has 0 amide bonds. The normalized spacial score (nSPS) is 14.4. The van der Waals surface area contributed by atoms with Crippen LogP contribution in [0.25, 0.3) is 33.1 Å². The van der Waals surface area contributed by atoms with Crippen molar-refractivity contribution in [1.82, 2.24) is 35.2 Å². The first-order valence-electron chi connectivity index (χ1n) is 8.64. The second kappa shape index (κ2) is 6.34. The van der Waals surface area contributed by atoms with Gasteiger partial charge in [0.05, 0.1) is 11.7 Å². The molecule has 4 heterocycles. The van der Waals surface area contributed by atoms with Gasteiger partial charge < -0.3 is 5.32 Å². The van der Waals surface area contributed by atoms with E-state index < -0.39 is 0 Å². The van der Waals surface area contributed by atoms with E-state index in [2.05, 4.69) is 35.2 Å². The van der Waals surface area contributed by atoms with Gasteiger partial charge in [0, 0.05) is 6.54 Å². The van der Waals surface area contributed by atoms with E-state index in [-0.39, 0.29) is 67.6 Å². The van der Waals surface area contributed by atoms with Gasteiger partial charge in [0.15, 0.2) is 28.5 Å². The number of aromatic nitrogens is 6. The highest BCUT2D eigenvalue weighted by Gasteiger charge is 2.30. The molecule has 1 aliphatic heterocycles. The quantitative estimate of drug-likeness (QED) is 0.341. The van der Waals surface area contributed by atoms with E-state index in [1.54, 1.807) is 6.07 Å². The SMILES string of the molecule is N#Cc1nc2c3nc(C#N)c(C#N)nc3c3nc([C@H]4CN4)c(C#N)nc3c2nc1C#N. The Morgan fingerprint density at radius 1 is 0.516 bits per heavy atom. The van der Waals surface area contributed by atoms with E-state index in [0.29, 0.717) is 12.2 Å². The summed E-state index contributed by atoms with van der Waals surface area (Å²) in [4.78, 5) is 25.8. The van der Waals surface area contributed by atoms with Crippen LogP contribution in [0.4, 0.5) is 0 Å². The van der Waals surface area contributed by atoms with Crippen molar-refractivity contribution in [1.29, 1.82) is 26.3 Å². The summed E-state index contributed by atoms with van der Waals surface area (Å²) in [6.45, 7) is 0.623. The summed E-state index contributed by atoms with van der Waals surface area (Å²) in [6.07, 6.45) is 0. The van der Waals surface area contributed by atoms with E-state index in [1.807, 2.05) is 24.3 Å². The first-order chi connectivity index (χ1) is 15.1. The highest BCUT2D eigenvalue weighted by atomic mass is 15.1. The molecule has 3 aromatic heterocycles. The number of nitrogens with one attached hydrogen (secondary N) is 1. The van der Waals surface area contributed by atoms with Gasteiger partial charge in [-0.2, -0.15) is 26.3 Å². The van der Waals surface area contributed by atoms with Crippen molar-refractivity contribution in [3.63, 3.8) is 0 Å². The second-order valence-electron chi connectivity index (χ2n) is 6.41. The third-order valence-electron chi connectivity index (χ3n) is 4.66. The molecule has 1 aliphatic rings. The maximum absolute atomic E-state index is 9.55. The molecule has 140 valence electrons. The average molecular weight is 400 g/mol. The molecule has 12 heteroatoms. The number of hydrogen-bond donors (Lipinski definition) is 1. The topological polar surface area (TPSA) is 218 Å². The Hall–Kier alpha value is -5.35. The van der Waals surface area contributed by atoms with Crippen molar-refractivity contribution < 1.29 is 0 Å². The lowest BCUT2D eigenvalue weighted by Crippen LogP contribution is -2.06. The molecular formula is C19H4N12. The zero-order valence-corrected chi connectivity index (χ0v) is 15.2. The summed E-state index contributed by atoms with van der Waals surface area (Å²) >= 11 is 0. The van der Waals surface area contributed by atoms with Crippen LogP contribution in [0.2, 0.25) is 0 Å². The van der Waals surface area contributed by atoms with Crippen molar-refractivity contribution in [3.8, 4) is 30.3 Å². The molecule has 0 radical (unpaired) electrons. The highest BCUT2D eigenvalue weighted by molar-refractivity contribution is 6.18. The molecule has 0 aliphatic carbocycles. The largest absolute Gasteiger partial charge is 0.306 e. The molecular weight excluding hydrogens is 396 g/mol. The van der Waals surface area contributed by atoms with Gasteiger partial charge in [-0.3, -0.25) is 0 Å². The van der Waals surface area contributed by atoms with Crippen molar-refractivity contribution >= 4 is 33.1 Å². The van der Waals surface area contributed by atoms with Gasteiger partial charge >= 0.3 is 0 Å². The van der Waals surface area contributed by atoms with Gasteiger partial charge in [0.1, 0.15) is 63.4 Å². The fraction of sp³-hybridized carbons (Fsp3) is 0.105. The van der Waals surface area contributed by atoms with Crippen molar-refractivity contribution in [2.45, 2.75) is 6.04 Å². The molecule has 5 rings (SSSR count). The Balaban J connectivity index is 2.10. The average Bonchev–Trinajstić information content (AvgIpc) is 3.66. The summed E-state index contributed by atoms with van der Waals surface area (Å²) in [5.41, 5.74) is 0.223. The predicted octanol–water partition coefficient (Wildman–Crippen LogP) is 0.519. The molecule has 0 bridgehead atoms. The first-order valence-corrected chi connectivity index (χ1v) is 8.64. The Kier molecular flexibility index (Phi) is 3.62. The Morgan fingerprint density at radius 2 is 0.806 bits per heavy atom. The lowest BCUT2D eigenvalue weighted by molar-refractivity contribution is 0.977. The molecule has 0 spiro atoms. The van der Waals surface area contributed by atoms with Gasteiger partial charge in [-0.15, -0.1) is 0 Å². The third kappa shape index (κ3) is 2.46. The zero-order valence-electron chi connectivity index (χ0n) is 15.2. The maximum Gasteiger partial charge on any atom is 0.177 e.